The van der Waals surface area contributed by atoms with Crippen LogP contribution in [0.1, 0.15) is 39.5 Å². The third kappa shape index (κ3) is 1.52. The van der Waals surface area contributed by atoms with Crippen molar-refractivity contribution in [2.45, 2.75) is 45.6 Å². The van der Waals surface area contributed by atoms with Crippen LogP contribution < -0.4 is 0 Å². The maximum Gasteiger partial charge on any atom is 0.0558 e. The first-order valence-corrected chi connectivity index (χ1v) is 5.49. The van der Waals surface area contributed by atoms with Gasteiger partial charge < -0.3 is 4.31 Å². The molecule has 1 aliphatic carbocycles. The molecule has 72 valence electrons. The average Bonchev–Trinajstić information content (AvgIpc) is 2.15. The van der Waals surface area contributed by atoms with Crippen LogP contribution in [0.5, 0.6) is 0 Å². The van der Waals surface area contributed by atoms with Gasteiger partial charge in [-0.3, -0.25) is 0 Å². The minimum atomic E-state index is 0.459. The minimum absolute atomic E-state index is 0.459. The van der Waals surface area contributed by atoms with Crippen molar-refractivity contribution in [2.75, 3.05) is 0 Å². The largest absolute Gasteiger partial charge is 0.316 e. The normalized spacial score (nSPS) is 28.7. The van der Waals surface area contributed by atoms with E-state index in [9.17, 15) is 0 Å². The fourth-order valence-corrected chi connectivity index (χ4v) is 2.63. The first-order chi connectivity index (χ1) is 6.20. The molecule has 0 amide bonds. The second kappa shape index (κ2) is 3.41. The molecule has 0 aromatic carbocycles. The van der Waals surface area contributed by atoms with E-state index in [1.165, 1.54) is 37.0 Å². The van der Waals surface area contributed by atoms with Crippen molar-refractivity contribution in [3.8, 4) is 0 Å². The van der Waals surface area contributed by atoms with Gasteiger partial charge in [0.2, 0.25) is 0 Å². The van der Waals surface area contributed by atoms with Crippen molar-refractivity contribution in [3.05, 3.63) is 22.9 Å². The van der Waals surface area contributed by atoms with Gasteiger partial charge in [0.15, 0.2) is 0 Å². The molecular formula is C11H17NS. The maximum atomic E-state index is 4.55. The van der Waals surface area contributed by atoms with E-state index in [-0.39, 0.29) is 0 Å². The molecule has 0 radical (unpaired) electrons. The summed E-state index contributed by atoms with van der Waals surface area (Å²) in [5.74, 6) is 0. The summed E-state index contributed by atoms with van der Waals surface area (Å²) in [7, 11) is 0. The highest BCUT2D eigenvalue weighted by Gasteiger charge is 2.24. The summed E-state index contributed by atoms with van der Waals surface area (Å²) in [4.78, 5) is 0. The van der Waals surface area contributed by atoms with Crippen LogP contribution in [0.4, 0.5) is 0 Å². The SMILES string of the molecule is CC1=CC(C)N(S)C2=C1CCCC2. The van der Waals surface area contributed by atoms with Crippen LogP contribution in [-0.2, 0) is 0 Å². The Balaban J connectivity index is 2.37. The van der Waals surface area contributed by atoms with Gasteiger partial charge in [-0.05, 0) is 50.7 Å². The summed E-state index contributed by atoms with van der Waals surface area (Å²) < 4.78 is 2.14. The molecule has 0 bridgehead atoms. The van der Waals surface area contributed by atoms with Crippen LogP contribution in [0.2, 0.25) is 0 Å². The van der Waals surface area contributed by atoms with Gasteiger partial charge in [-0.15, -0.1) is 0 Å². The smallest absolute Gasteiger partial charge is 0.0558 e. The zero-order valence-electron chi connectivity index (χ0n) is 8.38. The zero-order chi connectivity index (χ0) is 9.42. The van der Waals surface area contributed by atoms with Gasteiger partial charge in [0, 0.05) is 5.70 Å². The topological polar surface area (TPSA) is 3.24 Å². The first kappa shape index (κ1) is 9.20. The Hall–Kier alpha value is -0.370. The van der Waals surface area contributed by atoms with Crippen LogP contribution in [0, 0.1) is 0 Å². The molecule has 1 heterocycles. The molecule has 13 heavy (non-hydrogen) atoms. The molecule has 2 heteroatoms. The van der Waals surface area contributed by atoms with E-state index in [4.69, 9.17) is 0 Å². The third-order valence-electron chi connectivity index (χ3n) is 3.07. The van der Waals surface area contributed by atoms with E-state index < -0.39 is 0 Å². The quantitative estimate of drug-likeness (QED) is 0.580. The average molecular weight is 195 g/mol. The summed E-state index contributed by atoms with van der Waals surface area (Å²) in [5.41, 5.74) is 4.51. The van der Waals surface area contributed by atoms with Crippen molar-refractivity contribution >= 4 is 12.8 Å². The van der Waals surface area contributed by atoms with Crippen molar-refractivity contribution in [2.24, 2.45) is 0 Å². The predicted molar refractivity (Wildman–Crippen MR) is 59.5 cm³/mol. The fraction of sp³-hybridized carbons (Fsp3) is 0.636. The van der Waals surface area contributed by atoms with E-state index in [0.29, 0.717) is 6.04 Å². The number of thiol groups is 1. The number of hydrogen-bond acceptors (Lipinski definition) is 2. The van der Waals surface area contributed by atoms with Crippen LogP contribution >= 0.6 is 12.8 Å². The molecule has 0 spiro atoms. The van der Waals surface area contributed by atoms with Gasteiger partial charge in [-0.2, -0.15) is 0 Å². The zero-order valence-corrected chi connectivity index (χ0v) is 9.27. The van der Waals surface area contributed by atoms with Crippen molar-refractivity contribution < 1.29 is 0 Å². The first-order valence-electron chi connectivity index (χ1n) is 5.09. The Morgan fingerprint density at radius 2 is 2.08 bits per heavy atom. The van der Waals surface area contributed by atoms with E-state index in [1.54, 1.807) is 5.57 Å². The molecule has 0 N–H and O–H groups in total. The van der Waals surface area contributed by atoms with Crippen molar-refractivity contribution in [3.63, 3.8) is 0 Å². The number of nitrogens with zero attached hydrogens (tertiary/aromatic N) is 1. The molecule has 1 aliphatic heterocycles. The molecule has 0 aromatic heterocycles. The predicted octanol–water partition coefficient (Wildman–Crippen LogP) is 3.31. The van der Waals surface area contributed by atoms with Gasteiger partial charge in [-0.1, -0.05) is 18.9 Å². The number of hydrogen-bond donors (Lipinski definition) is 1. The van der Waals surface area contributed by atoms with Gasteiger partial charge in [-0.25, -0.2) is 0 Å². The maximum absolute atomic E-state index is 4.55. The molecule has 2 aliphatic rings. The Labute approximate surface area is 86.0 Å². The van der Waals surface area contributed by atoms with E-state index in [0.717, 1.165) is 0 Å². The number of allylic oxidation sites excluding steroid dienone is 3. The highest BCUT2D eigenvalue weighted by Crippen LogP contribution is 2.37. The highest BCUT2D eigenvalue weighted by atomic mass is 32.1. The summed E-state index contributed by atoms with van der Waals surface area (Å²) in [6.45, 7) is 4.44. The lowest BCUT2D eigenvalue weighted by Crippen LogP contribution is -2.28. The van der Waals surface area contributed by atoms with Crippen LogP contribution in [0.15, 0.2) is 22.9 Å². The summed E-state index contributed by atoms with van der Waals surface area (Å²) in [5, 5.41) is 0. The molecule has 1 atom stereocenters. The highest BCUT2D eigenvalue weighted by molar-refractivity contribution is 7.77. The van der Waals surface area contributed by atoms with Gasteiger partial charge in [0.25, 0.3) is 0 Å². The van der Waals surface area contributed by atoms with E-state index in [2.05, 4.69) is 37.0 Å². The van der Waals surface area contributed by atoms with Gasteiger partial charge in [0.1, 0.15) is 0 Å². The minimum Gasteiger partial charge on any atom is -0.316 e. The summed E-state index contributed by atoms with van der Waals surface area (Å²) in [6.07, 6.45) is 7.46. The van der Waals surface area contributed by atoms with E-state index in [1.807, 2.05) is 0 Å². The molecular weight excluding hydrogens is 178 g/mol. The Morgan fingerprint density at radius 3 is 2.85 bits per heavy atom. The van der Waals surface area contributed by atoms with Gasteiger partial charge >= 0.3 is 0 Å². The second-order valence-corrected chi connectivity index (χ2v) is 4.50. The summed E-state index contributed by atoms with van der Waals surface area (Å²) >= 11 is 4.55. The molecule has 0 fully saturated rings. The molecule has 1 nitrogen and oxygen atoms in total. The van der Waals surface area contributed by atoms with Crippen LogP contribution in [0.3, 0.4) is 0 Å². The standard InChI is InChI=1S/C11H17NS/c1-8-7-9(2)12(13)11-6-4-3-5-10(8)11/h7,9,13H,3-6H2,1-2H3. The third-order valence-corrected chi connectivity index (χ3v) is 3.67. The lowest BCUT2D eigenvalue weighted by atomic mass is 9.88. The molecule has 2 rings (SSSR count). The second-order valence-electron chi connectivity index (χ2n) is 4.07. The summed E-state index contributed by atoms with van der Waals surface area (Å²) in [6, 6.07) is 0.459. The molecule has 0 saturated carbocycles. The Bertz CT molecular complexity index is 278. The lowest BCUT2D eigenvalue weighted by Gasteiger charge is -2.35. The fourth-order valence-electron chi connectivity index (χ4n) is 2.35. The Morgan fingerprint density at radius 1 is 1.38 bits per heavy atom. The molecule has 0 aromatic rings. The lowest BCUT2D eigenvalue weighted by molar-refractivity contribution is 0.452. The molecule has 1 unspecified atom stereocenters. The molecule has 0 saturated heterocycles. The monoisotopic (exact) mass is 195 g/mol. The van der Waals surface area contributed by atoms with Crippen LogP contribution in [0.25, 0.3) is 0 Å². The Kier molecular flexibility index (Phi) is 2.41. The van der Waals surface area contributed by atoms with Crippen LogP contribution in [-0.4, -0.2) is 10.3 Å². The number of rotatable bonds is 0. The van der Waals surface area contributed by atoms with E-state index >= 15 is 0 Å². The van der Waals surface area contributed by atoms with Crippen molar-refractivity contribution in [1.29, 1.82) is 0 Å². The van der Waals surface area contributed by atoms with Crippen molar-refractivity contribution in [1.82, 2.24) is 4.31 Å². The van der Waals surface area contributed by atoms with Gasteiger partial charge in [0.05, 0.1) is 6.04 Å².